The fraction of sp³-hybridized carbons (Fsp3) is 0.200. The van der Waals surface area contributed by atoms with Gasteiger partial charge in [0.1, 0.15) is 6.54 Å². The van der Waals surface area contributed by atoms with Gasteiger partial charge in [-0.1, -0.05) is 42.0 Å². The molecular formula is C20H20N4O2. The van der Waals surface area contributed by atoms with Crippen molar-refractivity contribution in [3.8, 4) is 11.3 Å². The predicted octanol–water partition coefficient (Wildman–Crippen LogP) is 2.87. The van der Waals surface area contributed by atoms with Crippen LogP contribution < -0.4 is 11.0 Å². The van der Waals surface area contributed by atoms with Gasteiger partial charge in [-0.05, 0) is 38.0 Å². The van der Waals surface area contributed by atoms with Crippen LogP contribution in [0.4, 0.5) is 5.69 Å². The van der Waals surface area contributed by atoms with Crippen LogP contribution in [0, 0.1) is 20.8 Å². The Kier molecular flexibility index (Phi) is 4.93. The zero-order valence-corrected chi connectivity index (χ0v) is 15.0. The molecule has 0 aliphatic carbocycles. The average Bonchev–Trinajstić information content (AvgIpc) is 2.60. The summed E-state index contributed by atoms with van der Waals surface area (Å²) in [5, 5.41) is 6.89. The minimum atomic E-state index is -0.556. The fourth-order valence-corrected chi connectivity index (χ4v) is 2.53. The molecule has 3 aromatic rings. The molecule has 1 N–H and O–H groups in total. The van der Waals surface area contributed by atoms with Gasteiger partial charge < -0.3 is 5.32 Å². The Morgan fingerprint density at radius 1 is 1.04 bits per heavy atom. The first-order valence-corrected chi connectivity index (χ1v) is 8.31. The number of amides is 1. The maximum atomic E-state index is 12.3. The summed E-state index contributed by atoms with van der Waals surface area (Å²) in [5.41, 5.74) is 4.60. The van der Waals surface area contributed by atoms with Gasteiger partial charge in [-0.15, -0.1) is 0 Å². The zero-order chi connectivity index (χ0) is 18.7. The van der Waals surface area contributed by atoms with E-state index in [1.54, 1.807) is 0 Å². The van der Waals surface area contributed by atoms with E-state index in [9.17, 15) is 9.59 Å². The molecule has 0 spiro atoms. The molecule has 6 nitrogen and oxygen atoms in total. The van der Waals surface area contributed by atoms with Gasteiger partial charge in [0.2, 0.25) is 5.91 Å². The maximum Gasteiger partial charge on any atom is 0.365 e. The number of anilines is 1. The van der Waals surface area contributed by atoms with Crippen molar-refractivity contribution in [3.05, 3.63) is 75.8 Å². The lowest BCUT2D eigenvalue weighted by Gasteiger charge is -2.10. The minimum absolute atomic E-state index is 0.187. The third-order valence-electron chi connectivity index (χ3n) is 4.06. The Morgan fingerprint density at radius 3 is 2.42 bits per heavy atom. The number of aryl methyl sites for hydroxylation is 3. The van der Waals surface area contributed by atoms with Crippen LogP contribution in [0.3, 0.4) is 0 Å². The number of hydrogen-bond acceptors (Lipinski definition) is 4. The molecule has 0 aliphatic rings. The van der Waals surface area contributed by atoms with Gasteiger partial charge in [0.15, 0.2) is 0 Å². The molecule has 0 radical (unpaired) electrons. The first-order chi connectivity index (χ1) is 12.4. The van der Waals surface area contributed by atoms with Gasteiger partial charge in [-0.25, -0.2) is 9.48 Å². The largest absolute Gasteiger partial charge is 0.365 e. The van der Waals surface area contributed by atoms with Crippen molar-refractivity contribution < 1.29 is 4.79 Å². The summed E-state index contributed by atoms with van der Waals surface area (Å²) in [6.07, 6.45) is 1.50. The highest BCUT2D eigenvalue weighted by atomic mass is 16.2. The van der Waals surface area contributed by atoms with Crippen LogP contribution in [0.15, 0.2) is 53.5 Å². The molecule has 0 aliphatic heterocycles. The lowest BCUT2D eigenvalue weighted by atomic mass is 10.1. The van der Waals surface area contributed by atoms with Crippen molar-refractivity contribution in [2.24, 2.45) is 0 Å². The first-order valence-electron chi connectivity index (χ1n) is 8.31. The molecular weight excluding hydrogens is 328 g/mol. The number of aromatic nitrogens is 3. The number of carbonyl (C=O) groups is 1. The summed E-state index contributed by atoms with van der Waals surface area (Å²) in [6.45, 7) is 5.67. The Bertz CT molecular complexity index is 1010. The smallest absolute Gasteiger partial charge is 0.324 e. The van der Waals surface area contributed by atoms with Crippen molar-refractivity contribution in [2.45, 2.75) is 27.3 Å². The molecule has 0 saturated carbocycles. The molecule has 0 fully saturated rings. The third-order valence-corrected chi connectivity index (χ3v) is 4.06. The Labute approximate surface area is 151 Å². The Balaban J connectivity index is 1.75. The summed E-state index contributed by atoms with van der Waals surface area (Å²) in [5.74, 6) is -0.321. The lowest BCUT2D eigenvalue weighted by Crippen LogP contribution is -2.31. The maximum absolute atomic E-state index is 12.3. The number of rotatable bonds is 4. The second-order valence-electron chi connectivity index (χ2n) is 6.31. The van der Waals surface area contributed by atoms with Gasteiger partial charge in [0.05, 0.1) is 11.9 Å². The number of nitrogens with zero attached hydrogens (tertiary/aromatic N) is 3. The van der Waals surface area contributed by atoms with Crippen molar-refractivity contribution in [2.75, 3.05) is 5.32 Å². The van der Waals surface area contributed by atoms with Gasteiger partial charge in [0, 0.05) is 11.3 Å². The molecule has 0 atom stereocenters. The average molecular weight is 348 g/mol. The highest BCUT2D eigenvalue weighted by Gasteiger charge is 2.10. The topological polar surface area (TPSA) is 76.9 Å². The van der Waals surface area contributed by atoms with Crippen molar-refractivity contribution >= 4 is 11.6 Å². The SMILES string of the molecule is Cc1ccc(-c2cnn(CC(=O)Nc3cc(C)ccc3C)c(=O)n2)cc1. The van der Waals surface area contributed by atoms with E-state index in [1.807, 2.05) is 63.2 Å². The summed E-state index contributed by atoms with van der Waals surface area (Å²) in [4.78, 5) is 28.5. The molecule has 0 saturated heterocycles. The lowest BCUT2D eigenvalue weighted by molar-refractivity contribution is -0.117. The van der Waals surface area contributed by atoms with E-state index >= 15 is 0 Å². The second kappa shape index (κ2) is 7.31. The van der Waals surface area contributed by atoms with E-state index in [4.69, 9.17) is 0 Å². The fourth-order valence-electron chi connectivity index (χ4n) is 2.53. The van der Waals surface area contributed by atoms with Gasteiger partial charge in [-0.3, -0.25) is 4.79 Å². The normalized spacial score (nSPS) is 10.6. The molecule has 2 aromatic carbocycles. The molecule has 132 valence electrons. The number of hydrogen-bond donors (Lipinski definition) is 1. The number of carbonyl (C=O) groups excluding carboxylic acids is 1. The molecule has 1 aromatic heterocycles. The summed E-state index contributed by atoms with van der Waals surface area (Å²) < 4.78 is 1.05. The van der Waals surface area contributed by atoms with Gasteiger partial charge in [-0.2, -0.15) is 10.1 Å². The van der Waals surface area contributed by atoms with Crippen molar-refractivity contribution in [3.63, 3.8) is 0 Å². The van der Waals surface area contributed by atoms with Crippen molar-refractivity contribution in [1.29, 1.82) is 0 Å². The van der Waals surface area contributed by atoms with Gasteiger partial charge >= 0.3 is 5.69 Å². The van der Waals surface area contributed by atoms with E-state index in [1.165, 1.54) is 6.20 Å². The van der Waals surface area contributed by atoms with E-state index in [0.717, 1.165) is 32.6 Å². The van der Waals surface area contributed by atoms with E-state index in [0.29, 0.717) is 5.69 Å². The Morgan fingerprint density at radius 2 is 1.73 bits per heavy atom. The van der Waals surface area contributed by atoms with E-state index in [2.05, 4.69) is 15.4 Å². The molecule has 1 amide bonds. The number of benzene rings is 2. The summed E-state index contributed by atoms with van der Waals surface area (Å²) in [6, 6.07) is 13.5. The standard InChI is InChI=1S/C20H20N4O2/c1-13-5-8-16(9-6-13)18-11-21-24(20(26)23-18)12-19(25)22-17-10-14(2)4-7-15(17)3/h4-11H,12H2,1-3H3,(H,22,25). The van der Waals surface area contributed by atoms with Crippen molar-refractivity contribution in [1.82, 2.24) is 14.8 Å². The minimum Gasteiger partial charge on any atom is -0.324 e. The highest BCUT2D eigenvalue weighted by Crippen LogP contribution is 2.16. The van der Waals surface area contributed by atoms with Crippen LogP contribution in [0.1, 0.15) is 16.7 Å². The number of nitrogens with one attached hydrogen (secondary N) is 1. The quantitative estimate of drug-likeness (QED) is 0.786. The Hall–Kier alpha value is -3.28. The van der Waals surface area contributed by atoms with E-state index < -0.39 is 5.69 Å². The summed E-state index contributed by atoms with van der Waals surface area (Å²) in [7, 11) is 0. The van der Waals surface area contributed by atoms with Crippen LogP contribution in [-0.4, -0.2) is 20.7 Å². The third kappa shape index (κ3) is 4.03. The molecule has 0 bridgehead atoms. The molecule has 26 heavy (non-hydrogen) atoms. The van der Waals surface area contributed by atoms with Crippen LogP contribution >= 0.6 is 0 Å². The highest BCUT2D eigenvalue weighted by molar-refractivity contribution is 5.91. The van der Waals surface area contributed by atoms with Crippen LogP contribution in [0.25, 0.3) is 11.3 Å². The zero-order valence-electron chi connectivity index (χ0n) is 15.0. The monoisotopic (exact) mass is 348 g/mol. The van der Waals surface area contributed by atoms with Crippen LogP contribution in [-0.2, 0) is 11.3 Å². The molecule has 6 heteroatoms. The van der Waals surface area contributed by atoms with Crippen LogP contribution in [0.5, 0.6) is 0 Å². The van der Waals surface area contributed by atoms with Crippen LogP contribution in [0.2, 0.25) is 0 Å². The summed E-state index contributed by atoms with van der Waals surface area (Å²) >= 11 is 0. The van der Waals surface area contributed by atoms with E-state index in [-0.39, 0.29) is 12.5 Å². The molecule has 0 unspecified atom stereocenters. The first kappa shape index (κ1) is 17.5. The van der Waals surface area contributed by atoms with Gasteiger partial charge in [0.25, 0.3) is 0 Å². The predicted molar refractivity (Wildman–Crippen MR) is 101 cm³/mol. The molecule has 3 rings (SSSR count). The molecule has 1 heterocycles. The second-order valence-corrected chi connectivity index (χ2v) is 6.31.